The molecular formula is C19H27NO4. The lowest BCUT2D eigenvalue weighted by Gasteiger charge is -2.27. The van der Waals surface area contributed by atoms with Crippen LogP contribution in [0.15, 0.2) is 24.3 Å². The van der Waals surface area contributed by atoms with E-state index in [1.165, 1.54) is 13.3 Å². The normalized spacial score (nSPS) is 21.6. The van der Waals surface area contributed by atoms with Crippen molar-refractivity contribution in [2.24, 2.45) is 5.92 Å². The number of nitrogens with one attached hydrogen (secondary N) is 1. The van der Waals surface area contributed by atoms with Gasteiger partial charge in [0.1, 0.15) is 11.9 Å². The largest absolute Gasteiger partial charge is 0.497 e. The average molecular weight is 333 g/mol. The minimum Gasteiger partial charge on any atom is -0.497 e. The molecule has 2 rings (SSSR count). The van der Waals surface area contributed by atoms with Crippen molar-refractivity contribution in [3.63, 3.8) is 0 Å². The molecule has 0 aromatic heterocycles. The van der Waals surface area contributed by atoms with Gasteiger partial charge in [-0.25, -0.2) is 0 Å². The number of amides is 1. The molecule has 1 aliphatic carbocycles. The van der Waals surface area contributed by atoms with E-state index in [0.717, 1.165) is 30.6 Å². The third-order valence-corrected chi connectivity index (χ3v) is 4.45. The topological polar surface area (TPSA) is 64.6 Å². The van der Waals surface area contributed by atoms with Gasteiger partial charge in [-0.1, -0.05) is 25.5 Å². The molecule has 1 saturated carbocycles. The van der Waals surface area contributed by atoms with Crippen LogP contribution in [0.5, 0.6) is 5.75 Å². The van der Waals surface area contributed by atoms with E-state index >= 15 is 0 Å². The molecule has 5 nitrogen and oxygen atoms in total. The molecule has 132 valence electrons. The molecule has 0 aliphatic heterocycles. The summed E-state index contributed by atoms with van der Waals surface area (Å²) in [6.07, 6.45) is 4.32. The molecule has 1 aliphatic rings. The van der Waals surface area contributed by atoms with Crippen LogP contribution >= 0.6 is 0 Å². The molecule has 0 saturated heterocycles. The molecule has 0 heterocycles. The number of hydrogen-bond donors (Lipinski definition) is 1. The quantitative estimate of drug-likeness (QED) is 0.811. The van der Waals surface area contributed by atoms with Crippen molar-refractivity contribution in [2.75, 3.05) is 7.11 Å². The Morgan fingerprint density at radius 2 is 1.96 bits per heavy atom. The second kappa shape index (κ2) is 8.71. The second-order valence-electron chi connectivity index (χ2n) is 6.61. The summed E-state index contributed by atoms with van der Waals surface area (Å²) in [7, 11) is 1.60. The third-order valence-electron chi connectivity index (χ3n) is 4.45. The van der Waals surface area contributed by atoms with Crippen LogP contribution in [0.2, 0.25) is 0 Å². The average Bonchev–Trinajstić information content (AvgIpc) is 2.54. The Kier molecular flexibility index (Phi) is 6.64. The van der Waals surface area contributed by atoms with Gasteiger partial charge in [-0.2, -0.15) is 0 Å². The maximum Gasteiger partial charge on any atom is 0.308 e. The van der Waals surface area contributed by atoms with E-state index in [9.17, 15) is 9.59 Å². The highest BCUT2D eigenvalue weighted by molar-refractivity contribution is 5.76. The Morgan fingerprint density at radius 1 is 1.25 bits per heavy atom. The predicted octanol–water partition coefficient (Wildman–Crippen LogP) is 3.38. The van der Waals surface area contributed by atoms with Gasteiger partial charge in [0.15, 0.2) is 0 Å². The minimum absolute atomic E-state index is 0.00935. The Hall–Kier alpha value is -2.04. The maximum atomic E-state index is 12.3. The van der Waals surface area contributed by atoms with Gasteiger partial charge in [0, 0.05) is 6.92 Å². The summed E-state index contributed by atoms with van der Waals surface area (Å²) in [6.45, 7) is 3.64. The number of carbonyl (C=O) groups is 2. The molecule has 0 bridgehead atoms. The zero-order valence-electron chi connectivity index (χ0n) is 14.7. The van der Waals surface area contributed by atoms with Crippen LogP contribution < -0.4 is 10.1 Å². The first kappa shape index (κ1) is 18.3. The summed E-state index contributed by atoms with van der Waals surface area (Å²) in [5.41, 5.74) is 0.861. The number of hydrogen-bond acceptors (Lipinski definition) is 4. The molecule has 1 fully saturated rings. The minimum atomic E-state index is -0.387. The standard InChI is InChI=1S/C19H27NO4/c1-13-5-4-6-17(11-13)24-19(22)12-18(20-14(2)21)15-7-9-16(23-3)10-8-15/h7-10,13,17-18H,4-6,11-12H2,1-3H3,(H,20,21). The van der Waals surface area contributed by atoms with Crippen molar-refractivity contribution < 1.29 is 19.1 Å². The van der Waals surface area contributed by atoms with E-state index in [-0.39, 0.29) is 30.4 Å². The summed E-state index contributed by atoms with van der Waals surface area (Å²) in [6, 6.07) is 6.96. The highest BCUT2D eigenvalue weighted by Crippen LogP contribution is 2.27. The lowest BCUT2D eigenvalue weighted by atomic mass is 9.89. The molecule has 3 atom stereocenters. The van der Waals surface area contributed by atoms with Crippen LogP contribution in [-0.2, 0) is 14.3 Å². The first-order valence-electron chi connectivity index (χ1n) is 8.58. The Bertz CT molecular complexity index is 555. The zero-order valence-corrected chi connectivity index (χ0v) is 14.7. The molecule has 1 amide bonds. The highest BCUT2D eigenvalue weighted by Gasteiger charge is 2.24. The monoisotopic (exact) mass is 333 g/mol. The van der Waals surface area contributed by atoms with Gasteiger partial charge < -0.3 is 14.8 Å². The van der Waals surface area contributed by atoms with Gasteiger partial charge in [0.05, 0.1) is 19.6 Å². The first-order chi connectivity index (χ1) is 11.5. The number of esters is 1. The van der Waals surface area contributed by atoms with E-state index in [1.807, 2.05) is 24.3 Å². The summed E-state index contributed by atoms with van der Waals surface area (Å²) in [4.78, 5) is 23.8. The van der Waals surface area contributed by atoms with Gasteiger partial charge in [-0.15, -0.1) is 0 Å². The molecule has 1 aromatic rings. The summed E-state index contributed by atoms with van der Waals surface area (Å²) in [5.74, 6) is 0.905. The SMILES string of the molecule is COc1ccc(C(CC(=O)OC2CCCC(C)C2)NC(C)=O)cc1. The fourth-order valence-electron chi connectivity index (χ4n) is 3.22. The van der Waals surface area contributed by atoms with E-state index in [0.29, 0.717) is 5.92 Å². The Balaban J connectivity index is 1.99. The molecule has 1 N–H and O–H groups in total. The van der Waals surface area contributed by atoms with E-state index in [1.54, 1.807) is 7.11 Å². The lowest BCUT2D eigenvalue weighted by molar-refractivity contribution is -0.151. The van der Waals surface area contributed by atoms with Crippen molar-refractivity contribution in [2.45, 2.75) is 58.1 Å². The summed E-state index contributed by atoms with van der Waals surface area (Å²) < 4.78 is 10.8. The summed E-state index contributed by atoms with van der Waals surface area (Å²) in [5, 5.41) is 2.83. The second-order valence-corrected chi connectivity index (χ2v) is 6.61. The third kappa shape index (κ3) is 5.55. The van der Waals surface area contributed by atoms with Gasteiger partial charge >= 0.3 is 5.97 Å². The Morgan fingerprint density at radius 3 is 2.54 bits per heavy atom. The maximum absolute atomic E-state index is 12.3. The van der Waals surface area contributed by atoms with Crippen LogP contribution in [0.3, 0.4) is 0 Å². The van der Waals surface area contributed by atoms with Gasteiger partial charge in [0.2, 0.25) is 5.91 Å². The van der Waals surface area contributed by atoms with Crippen molar-refractivity contribution in [1.29, 1.82) is 0 Å². The van der Waals surface area contributed by atoms with Gasteiger partial charge in [-0.3, -0.25) is 9.59 Å². The van der Waals surface area contributed by atoms with Crippen LogP contribution in [0, 0.1) is 5.92 Å². The smallest absolute Gasteiger partial charge is 0.308 e. The molecule has 0 spiro atoms. The van der Waals surface area contributed by atoms with Crippen molar-refractivity contribution in [3.8, 4) is 5.75 Å². The number of carbonyl (C=O) groups excluding carboxylic acids is 2. The van der Waals surface area contributed by atoms with Crippen molar-refractivity contribution >= 4 is 11.9 Å². The fraction of sp³-hybridized carbons (Fsp3) is 0.579. The van der Waals surface area contributed by atoms with E-state index in [4.69, 9.17) is 9.47 Å². The Labute approximate surface area is 143 Å². The lowest BCUT2D eigenvalue weighted by Crippen LogP contribution is -2.30. The predicted molar refractivity (Wildman–Crippen MR) is 91.7 cm³/mol. The van der Waals surface area contributed by atoms with Crippen LogP contribution in [0.1, 0.15) is 57.6 Å². The molecular weight excluding hydrogens is 306 g/mol. The molecule has 24 heavy (non-hydrogen) atoms. The van der Waals surface area contributed by atoms with Crippen LogP contribution in [0.25, 0.3) is 0 Å². The first-order valence-corrected chi connectivity index (χ1v) is 8.58. The number of methoxy groups -OCH3 is 1. The van der Waals surface area contributed by atoms with Gasteiger partial charge in [-0.05, 0) is 42.9 Å². The molecule has 5 heteroatoms. The van der Waals surface area contributed by atoms with Crippen molar-refractivity contribution in [3.05, 3.63) is 29.8 Å². The van der Waals surface area contributed by atoms with Crippen LogP contribution in [0.4, 0.5) is 0 Å². The van der Waals surface area contributed by atoms with E-state index in [2.05, 4.69) is 12.2 Å². The number of benzene rings is 1. The molecule has 3 unspecified atom stereocenters. The highest BCUT2D eigenvalue weighted by atomic mass is 16.5. The zero-order chi connectivity index (χ0) is 17.5. The van der Waals surface area contributed by atoms with Crippen LogP contribution in [-0.4, -0.2) is 25.1 Å². The van der Waals surface area contributed by atoms with E-state index < -0.39 is 0 Å². The van der Waals surface area contributed by atoms with Gasteiger partial charge in [0.25, 0.3) is 0 Å². The number of ether oxygens (including phenoxy) is 2. The fourth-order valence-corrected chi connectivity index (χ4v) is 3.22. The molecule has 1 aromatic carbocycles. The van der Waals surface area contributed by atoms with Crippen molar-refractivity contribution in [1.82, 2.24) is 5.32 Å². The molecule has 0 radical (unpaired) electrons. The summed E-state index contributed by atoms with van der Waals surface area (Å²) >= 11 is 0. The number of rotatable bonds is 6.